The maximum absolute atomic E-state index is 11.5. The largest absolute Gasteiger partial charge is 0.506 e. The van der Waals surface area contributed by atoms with Gasteiger partial charge in [-0.05, 0) is 36.5 Å². The van der Waals surface area contributed by atoms with Gasteiger partial charge < -0.3 is 15.6 Å². The monoisotopic (exact) mass is 207 g/mol. The van der Waals surface area contributed by atoms with Crippen LogP contribution in [0, 0.1) is 0 Å². The highest BCUT2D eigenvalue weighted by Gasteiger charge is 2.29. The number of carbonyl (C=O) groups is 1. The Morgan fingerprint density at radius 3 is 2.73 bits per heavy atom. The Labute approximate surface area is 87.7 Å². The fraction of sp³-hybridized carbons (Fsp3) is 0.364. The van der Waals surface area contributed by atoms with Gasteiger partial charge in [0.05, 0.1) is 18.4 Å². The van der Waals surface area contributed by atoms with E-state index in [9.17, 15) is 9.90 Å². The van der Waals surface area contributed by atoms with Crippen LogP contribution in [0.1, 0.15) is 34.7 Å². The number of aromatic hydroxyl groups is 1. The lowest BCUT2D eigenvalue weighted by molar-refractivity contribution is 0.0599. The topological polar surface area (TPSA) is 72.5 Å². The van der Waals surface area contributed by atoms with Crippen LogP contribution in [0.2, 0.25) is 0 Å². The lowest BCUT2D eigenvalue weighted by Gasteiger charge is -2.09. The quantitative estimate of drug-likeness (QED) is 0.439. The van der Waals surface area contributed by atoms with Crippen molar-refractivity contribution >= 4 is 11.7 Å². The Morgan fingerprint density at radius 2 is 2.20 bits per heavy atom. The van der Waals surface area contributed by atoms with E-state index in [4.69, 9.17) is 5.73 Å². The van der Waals surface area contributed by atoms with Crippen LogP contribution in [-0.2, 0) is 4.74 Å². The van der Waals surface area contributed by atoms with Crippen molar-refractivity contribution in [3.05, 3.63) is 23.3 Å². The minimum atomic E-state index is -0.399. The summed E-state index contributed by atoms with van der Waals surface area (Å²) >= 11 is 0. The number of hydrogen-bond donors (Lipinski definition) is 2. The highest BCUT2D eigenvalue weighted by Crippen LogP contribution is 2.44. The zero-order valence-electron chi connectivity index (χ0n) is 8.49. The van der Waals surface area contributed by atoms with Crippen LogP contribution in [0.4, 0.5) is 5.69 Å². The Bertz CT molecular complexity index is 411. The summed E-state index contributed by atoms with van der Waals surface area (Å²) < 4.78 is 4.67. The predicted octanol–water partition coefficient (Wildman–Crippen LogP) is 1.64. The zero-order valence-corrected chi connectivity index (χ0v) is 8.49. The maximum Gasteiger partial charge on any atom is 0.338 e. The molecule has 0 aromatic heterocycles. The molecule has 0 unspecified atom stereocenters. The molecule has 15 heavy (non-hydrogen) atoms. The predicted molar refractivity (Wildman–Crippen MR) is 55.8 cm³/mol. The molecule has 0 amide bonds. The number of hydrogen-bond acceptors (Lipinski definition) is 4. The van der Waals surface area contributed by atoms with E-state index in [2.05, 4.69) is 4.74 Å². The van der Waals surface area contributed by atoms with Crippen LogP contribution >= 0.6 is 0 Å². The molecule has 1 aromatic rings. The summed E-state index contributed by atoms with van der Waals surface area (Å²) in [6.07, 6.45) is 2.10. The van der Waals surface area contributed by atoms with Gasteiger partial charge in [-0.2, -0.15) is 0 Å². The number of esters is 1. The molecule has 1 aromatic carbocycles. The first-order valence-electron chi connectivity index (χ1n) is 4.84. The molecule has 0 aliphatic heterocycles. The molecule has 0 bridgehead atoms. The third kappa shape index (κ3) is 1.75. The lowest BCUT2D eigenvalue weighted by Crippen LogP contribution is -2.06. The second-order valence-electron chi connectivity index (χ2n) is 3.76. The minimum Gasteiger partial charge on any atom is -0.506 e. The summed E-state index contributed by atoms with van der Waals surface area (Å²) in [5, 5.41) is 9.48. The number of anilines is 1. The zero-order chi connectivity index (χ0) is 11.0. The van der Waals surface area contributed by atoms with Crippen molar-refractivity contribution in [2.24, 2.45) is 0 Å². The van der Waals surface area contributed by atoms with Crippen LogP contribution in [0.5, 0.6) is 5.75 Å². The van der Waals surface area contributed by atoms with E-state index in [0.29, 0.717) is 11.5 Å². The second-order valence-corrected chi connectivity index (χ2v) is 3.76. The van der Waals surface area contributed by atoms with Crippen molar-refractivity contribution in [2.45, 2.75) is 18.8 Å². The molecule has 1 fully saturated rings. The number of rotatable bonds is 2. The van der Waals surface area contributed by atoms with E-state index in [-0.39, 0.29) is 11.4 Å². The summed E-state index contributed by atoms with van der Waals surface area (Å²) in [6, 6.07) is 3.05. The first-order valence-corrected chi connectivity index (χ1v) is 4.84. The summed E-state index contributed by atoms with van der Waals surface area (Å²) in [4.78, 5) is 11.5. The molecule has 0 heterocycles. The van der Waals surface area contributed by atoms with Crippen LogP contribution in [0.15, 0.2) is 12.1 Å². The van der Waals surface area contributed by atoms with Crippen molar-refractivity contribution in [2.75, 3.05) is 12.8 Å². The molecule has 80 valence electrons. The molecular weight excluding hydrogens is 194 g/mol. The van der Waals surface area contributed by atoms with Gasteiger partial charge in [-0.3, -0.25) is 0 Å². The molecule has 0 radical (unpaired) electrons. The van der Waals surface area contributed by atoms with Gasteiger partial charge >= 0.3 is 5.97 Å². The number of ether oxygens (including phenoxy) is 1. The average Bonchev–Trinajstić information content (AvgIpc) is 3.04. The Morgan fingerprint density at radius 1 is 1.53 bits per heavy atom. The summed E-state index contributed by atoms with van der Waals surface area (Å²) in [7, 11) is 1.34. The van der Waals surface area contributed by atoms with E-state index >= 15 is 0 Å². The normalized spacial score (nSPS) is 15.0. The number of carbonyl (C=O) groups excluding carboxylic acids is 1. The maximum atomic E-state index is 11.5. The molecule has 2 rings (SSSR count). The summed E-state index contributed by atoms with van der Waals surface area (Å²) in [5.41, 5.74) is 7.06. The molecule has 0 saturated heterocycles. The molecule has 1 aliphatic carbocycles. The van der Waals surface area contributed by atoms with Gasteiger partial charge in [0.15, 0.2) is 0 Å². The van der Waals surface area contributed by atoms with Crippen molar-refractivity contribution in [1.82, 2.24) is 0 Å². The standard InChI is InChI=1S/C11H13NO3/c1-15-11(14)8-4-9(12)10(13)5-7(8)6-2-3-6/h4-6,13H,2-3,12H2,1H3. The van der Waals surface area contributed by atoms with Crippen molar-refractivity contribution < 1.29 is 14.6 Å². The van der Waals surface area contributed by atoms with Gasteiger partial charge in [0, 0.05) is 0 Å². The van der Waals surface area contributed by atoms with E-state index in [1.54, 1.807) is 6.07 Å². The van der Waals surface area contributed by atoms with Crippen LogP contribution < -0.4 is 5.73 Å². The highest BCUT2D eigenvalue weighted by atomic mass is 16.5. The first kappa shape index (κ1) is 9.83. The van der Waals surface area contributed by atoms with Crippen molar-refractivity contribution in [1.29, 1.82) is 0 Å². The molecule has 1 aliphatic rings. The number of benzene rings is 1. The van der Waals surface area contributed by atoms with Crippen LogP contribution in [-0.4, -0.2) is 18.2 Å². The third-order valence-electron chi connectivity index (χ3n) is 2.62. The number of methoxy groups -OCH3 is 1. The molecule has 0 spiro atoms. The third-order valence-corrected chi connectivity index (χ3v) is 2.62. The second kappa shape index (κ2) is 3.46. The van der Waals surface area contributed by atoms with Crippen molar-refractivity contribution in [3.63, 3.8) is 0 Å². The van der Waals surface area contributed by atoms with Crippen LogP contribution in [0.25, 0.3) is 0 Å². The number of nitrogens with two attached hydrogens (primary N) is 1. The molecule has 0 atom stereocenters. The Kier molecular flexibility index (Phi) is 2.26. The molecule has 1 saturated carbocycles. The van der Waals surface area contributed by atoms with Crippen LogP contribution in [0.3, 0.4) is 0 Å². The summed E-state index contributed by atoms with van der Waals surface area (Å²) in [5.74, 6) is -0.00115. The lowest BCUT2D eigenvalue weighted by atomic mass is 10.0. The van der Waals surface area contributed by atoms with Gasteiger partial charge in [0.25, 0.3) is 0 Å². The minimum absolute atomic E-state index is 0.0320. The van der Waals surface area contributed by atoms with E-state index in [0.717, 1.165) is 18.4 Å². The fourth-order valence-corrected chi connectivity index (χ4v) is 1.64. The molecule has 4 nitrogen and oxygen atoms in total. The van der Waals surface area contributed by atoms with E-state index in [1.807, 2.05) is 0 Å². The SMILES string of the molecule is COC(=O)c1cc(N)c(O)cc1C1CC1. The van der Waals surface area contributed by atoms with Gasteiger partial charge in [-0.15, -0.1) is 0 Å². The smallest absolute Gasteiger partial charge is 0.338 e. The Balaban J connectivity index is 2.49. The summed E-state index contributed by atoms with van der Waals surface area (Å²) in [6.45, 7) is 0. The number of phenolic OH excluding ortho intramolecular Hbond substituents is 1. The number of nitrogen functional groups attached to an aromatic ring is 1. The van der Waals surface area contributed by atoms with Gasteiger partial charge in [-0.25, -0.2) is 4.79 Å². The fourth-order valence-electron chi connectivity index (χ4n) is 1.64. The van der Waals surface area contributed by atoms with Gasteiger partial charge in [0.1, 0.15) is 5.75 Å². The van der Waals surface area contributed by atoms with Gasteiger partial charge in [-0.1, -0.05) is 0 Å². The molecular formula is C11H13NO3. The Hall–Kier alpha value is -1.71. The first-order chi connectivity index (χ1) is 7.13. The molecule has 4 heteroatoms. The van der Waals surface area contributed by atoms with E-state index in [1.165, 1.54) is 13.2 Å². The van der Waals surface area contributed by atoms with Crippen molar-refractivity contribution in [3.8, 4) is 5.75 Å². The number of phenols is 1. The van der Waals surface area contributed by atoms with Gasteiger partial charge in [0.2, 0.25) is 0 Å². The molecule has 3 N–H and O–H groups in total. The highest BCUT2D eigenvalue weighted by molar-refractivity contribution is 5.93. The van der Waals surface area contributed by atoms with E-state index < -0.39 is 5.97 Å². The average molecular weight is 207 g/mol.